The summed E-state index contributed by atoms with van der Waals surface area (Å²) in [4.78, 5) is 1.16. The summed E-state index contributed by atoms with van der Waals surface area (Å²) < 4.78 is 9.00. The lowest BCUT2D eigenvalue weighted by Crippen LogP contribution is -2.39. The first-order valence-electron chi connectivity index (χ1n) is 7.54. The van der Waals surface area contributed by atoms with E-state index < -0.39 is 0 Å². The van der Waals surface area contributed by atoms with Crippen LogP contribution in [-0.2, 0) is 4.74 Å². The van der Waals surface area contributed by atoms with Crippen molar-refractivity contribution in [3.8, 4) is 10.7 Å². The van der Waals surface area contributed by atoms with E-state index >= 15 is 0 Å². The van der Waals surface area contributed by atoms with E-state index in [1.54, 1.807) is 11.3 Å². The molecule has 0 amide bonds. The molecule has 0 radical (unpaired) electrons. The van der Waals surface area contributed by atoms with Crippen LogP contribution in [0.1, 0.15) is 45.6 Å². The van der Waals surface area contributed by atoms with Gasteiger partial charge in [-0.1, -0.05) is 19.9 Å². The van der Waals surface area contributed by atoms with Gasteiger partial charge in [0.25, 0.3) is 0 Å². The molecule has 0 aliphatic carbocycles. The van der Waals surface area contributed by atoms with E-state index in [1.807, 2.05) is 0 Å². The van der Waals surface area contributed by atoms with Crippen molar-refractivity contribution in [2.75, 3.05) is 6.61 Å². The molecule has 1 fully saturated rings. The Morgan fingerprint density at radius 2 is 2.33 bits per heavy atom. The fourth-order valence-corrected chi connectivity index (χ4v) is 4.18. The van der Waals surface area contributed by atoms with Crippen LogP contribution in [0.2, 0.25) is 0 Å². The van der Waals surface area contributed by atoms with Gasteiger partial charge in [0.15, 0.2) is 10.6 Å². The van der Waals surface area contributed by atoms with Crippen LogP contribution in [0.25, 0.3) is 10.7 Å². The van der Waals surface area contributed by atoms with Gasteiger partial charge in [-0.3, -0.25) is 9.67 Å². The summed E-state index contributed by atoms with van der Waals surface area (Å²) in [6.45, 7) is 5.21. The van der Waals surface area contributed by atoms with Gasteiger partial charge in [-0.05, 0) is 49.3 Å². The third-order valence-corrected chi connectivity index (χ3v) is 5.72. The number of nitrogens with zero attached hydrogens (tertiary/aromatic N) is 2. The molecule has 2 aromatic heterocycles. The second kappa shape index (κ2) is 6.02. The number of aromatic nitrogens is 3. The molecule has 0 saturated carbocycles. The highest BCUT2D eigenvalue weighted by atomic mass is 32.1. The molecule has 4 nitrogen and oxygen atoms in total. The summed E-state index contributed by atoms with van der Waals surface area (Å²) in [5.41, 5.74) is -0.0122. The Kier molecular flexibility index (Phi) is 4.28. The zero-order valence-electron chi connectivity index (χ0n) is 12.5. The molecular weight excluding hydrogens is 302 g/mol. The molecule has 21 heavy (non-hydrogen) atoms. The van der Waals surface area contributed by atoms with Crippen molar-refractivity contribution in [2.45, 2.75) is 51.2 Å². The van der Waals surface area contributed by atoms with Crippen molar-refractivity contribution in [1.29, 1.82) is 0 Å². The molecule has 0 spiro atoms. The molecule has 1 N–H and O–H groups in total. The Morgan fingerprint density at radius 1 is 1.52 bits per heavy atom. The molecule has 1 aliphatic heterocycles. The topological polar surface area (TPSA) is 42.8 Å². The Labute approximate surface area is 134 Å². The molecule has 1 saturated heterocycles. The molecule has 3 heterocycles. The van der Waals surface area contributed by atoms with E-state index in [2.05, 4.69) is 46.1 Å². The van der Waals surface area contributed by atoms with Crippen LogP contribution in [0.15, 0.2) is 17.5 Å². The highest BCUT2D eigenvalue weighted by molar-refractivity contribution is 7.71. The van der Waals surface area contributed by atoms with E-state index in [0.29, 0.717) is 10.8 Å². The standard InChI is InChI=1S/C15H21N3OS2/c1-3-15(4-2)10-11(7-8-19-15)18-13(16-17-14(18)20)12-6-5-9-21-12/h5-6,9,11H,3-4,7-8,10H2,1-2H3,(H,17,20). The first-order valence-corrected chi connectivity index (χ1v) is 8.82. The molecule has 3 rings (SSSR count). The Balaban J connectivity index is 1.97. The summed E-state index contributed by atoms with van der Waals surface area (Å²) >= 11 is 7.18. The minimum absolute atomic E-state index is 0.0122. The minimum Gasteiger partial charge on any atom is -0.375 e. The van der Waals surface area contributed by atoms with Crippen LogP contribution in [0.5, 0.6) is 0 Å². The maximum atomic E-state index is 6.09. The third-order valence-electron chi connectivity index (χ3n) is 4.57. The highest BCUT2D eigenvalue weighted by Gasteiger charge is 2.36. The zero-order valence-corrected chi connectivity index (χ0v) is 14.1. The van der Waals surface area contributed by atoms with Gasteiger partial charge in [-0.25, -0.2) is 0 Å². The number of aromatic amines is 1. The van der Waals surface area contributed by atoms with Gasteiger partial charge in [-0.15, -0.1) is 11.3 Å². The number of ether oxygens (including phenoxy) is 1. The van der Waals surface area contributed by atoms with Gasteiger partial charge >= 0.3 is 0 Å². The van der Waals surface area contributed by atoms with Crippen molar-refractivity contribution in [2.24, 2.45) is 0 Å². The fourth-order valence-electron chi connectivity index (χ4n) is 3.19. The van der Waals surface area contributed by atoms with Crippen molar-refractivity contribution in [1.82, 2.24) is 14.8 Å². The maximum Gasteiger partial charge on any atom is 0.195 e. The Morgan fingerprint density at radius 3 is 3.00 bits per heavy atom. The maximum absolute atomic E-state index is 6.09. The minimum atomic E-state index is -0.0122. The van der Waals surface area contributed by atoms with Crippen LogP contribution in [0, 0.1) is 4.77 Å². The molecule has 2 aromatic rings. The molecule has 114 valence electrons. The third kappa shape index (κ3) is 2.72. The Hall–Kier alpha value is -0.980. The molecular formula is C15H21N3OS2. The van der Waals surface area contributed by atoms with Crippen LogP contribution in [0.4, 0.5) is 0 Å². The normalized spacial score (nSPS) is 21.5. The summed E-state index contributed by atoms with van der Waals surface area (Å²) in [5.74, 6) is 0.961. The molecule has 6 heteroatoms. The summed E-state index contributed by atoms with van der Waals surface area (Å²) in [7, 11) is 0. The summed E-state index contributed by atoms with van der Waals surface area (Å²) in [6.07, 6.45) is 4.08. The van der Waals surface area contributed by atoms with Gasteiger partial charge in [0.2, 0.25) is 0 Å². The fraction of sp³-hybridized carbons (Fsp3) is 0.600. The smallest absolute Gasteiger partial charge is 0.195 e. The zero-order chi connectivity index (χ0) is 14.9. The molecule has 1 aliphatic rings. The number of nitrogens with one attached hydrogen (secondary N) is 1. The van der Waals surface area contributed by atoms with Crippen molar-refractivity contribution in [3.05, 3.63) is 22.3 Å². The number of thiophene rings is 1. The van der Waals surface area contributed by atoms with Crippen LogP contribution < -0.4 is 0 Å². The number of H-pyrrole nitrogens is 1. The lowest BCUT2D eigenvalue weighted by Gasteiger charge is -2.40. The quantitative estimate of drug-likeness (QED) is 0.838. The van der Waals surface area contributed by atoms with Gasteiger partial charge < -0.3 is 4.74 Å². The van der Waals surface area contributed by atoms with Gasteiger partial charge in [-0.2, -0.15) is 5.10 Å². The summed E-state index contributed by atoms with van der Waals surface area (Å²) in [6, 6.07) is 4.51. The molecule has 0 bridgehead atoms. The van der Waals surface area contributed by atoms with Gasteiger partial charge in [0.1, 0.15) is 0 Å². The lowest BCUT2D eigenvalue weighted by atomic mass is 9.86. The molecule has 1 unspecified atom stereocenters. The van der Waals surface area contributed by atoms with Crippen molar-refractivity contribution < 1.29 is 4.74 Å². The SMILES string of the molecule is CCC1(CC)CC(n2c(-c3cccs3)n[nH]c2=S)CCO1. The largest absolute Gasteiger partial charge is 0.375 e. The van der Waals surface area contributed by atoms with Gasteiger partial charge in [0, 0.05) is 12.6 Å². The van der Waals surface area contributed by atoms with E-state index in [4.69, 9.17) is 17.0 Å². The Bertz CT molecular complexity index is 640. The van der Waals surface area contributed by atoms with Gasteiger partial charge in [0.05, 0.1) is 10.5 Å². The first-order chi connectivity index (χ1) is 10.2. The van der Waals surface area contributed by atoms with E-state index in [9.17, 15) is 0 Å². The van der Waals surface area contributed by atoms with Crippen LogP contribution >= 0.6 is 23.6 Å². The molecule has 0 aromatic carbocycles. The number of rotatable bonds is 4. The van der Waals surface area contributed by atoms with Crippen LogP contribution in [0.3, 0.4) is 0 Å². The first kappa shape index (κ1) is 14.9. The second-order valence-corrected chi connectivity index (χ2v) is 6.92. The average molecular weight is 323 g/mol. The predicted molar refractivity (Wildman–Crippen MR) is 88.3 cm³/mol. The molecule has 1 atom stereocenters. The van der Waals surface area contributed by atoms with E-state index in [0.717, 1.165) is 43.0 Å². The van der Waals surface area contributed by atoms with Crippen LogP contribution in [-0.4, -0.2) is 27.0 Å². The monoisotopic (exact) mass is 323 g/mol. The second-order valence-electron chi connectivity index (χ2n) is 5.58. The average Bonchev–Trinajstić information content (AvgIpc) is 3.16. The number of hydrogen-bond acceptors (Lipinski definition) is 4. The van der Waals surface area contributed by atoms with E-state index in [-0.39, 0.29) is 5.60 Å². The lowest BCUT2D eigenvalue weighted by molar-refractivity contribution is -0.0986. The highest BCUT2D eigenvalue weighted by Crippen LogP contribution is 2.39. The predicted octanol–water partition coefficient (Wildman–Crippen LogP) is 4.58. The van der Waals surface area contributed by atoms with Crippen molar-refractivity contribution in [3.63, 3.8) is 0 Å². The number of hydrogen-bond donors (Lipinski definition) is 1. The van der Waals surface area contributed by atoms with Crippen molar-refractivity contribution >= 4 is 23.6 Å². The summed E-state index contributed by atoms with van der Waals surface area (Å²) in [5, 5.41) is 9.49. The van der Waals surface area contributed by atoms with E-state index in [1.165, 1.54) is 0 Å².